The molecule has 0 aliphatic rings. The summed E-state index contributed by atoms with van der Waals surface area (Å²) in [6, 6.07) is 8.70. The van der Waals surface area contributed by atoms with E-state index in [1.165, 1.54) is 11.9 Å². The molecule has 26 heavy (non-hydrogen) atoms. The summed E-state index contributed by atoms with van der Waals surface area (Å²) in [5, 5.41) is 6.31. The van der Waals surface area contributed by atoms with Crippen molar-refractivity contribution in [3.8, 4) is 5.75 Å². The van der Waals surface area contributed by atoms with Crippen LogP contribution < -0.4 is 9.46 Å². The highest BCUT2D eigenvalue weighted by Gasteiger charge is 2.13. The van der Waals surface area contributed by atoms with Crippen LogP contribution in [0.2, 0.25) is 15.1 Å². The molecular formula is C17H15Cl3N2O3S. The quantitative estimate of drug-likeness (QED) is 0.343. The smallest absolute Gasteiger partial charge is 0.187 e. The van der Waals surface area contributed by atoms with E-state index < -0.39 is 0 Å². The summed E-state index contributed by atoms with van der Waals surface area (Å²) in [6.45, 7) is 0.906. The number of fused-ring (bicyclic) bond motifs is 1. The number of benzene rings is 2. The number of hydrogen-bond acceptors (Lipinski definition) is 6. The minimum absolute atomic E-state index is 0.263. The molecule has 1 aromatic heterocycles. The second kappa shape index (κ2) is 9.06. The highest BCUT2D eigenvalue weighted by Crippen LogP contribution is 2.32. The van der Waals surface area contributed by atoms with E-state index in [0.717, 1.165) is 16.7 Å². The Balaban J connectivity index is 1.71. The lowest BCUT2D eigenvalue weighted by atomic mass is 10.2. The molecule has 0 bridgehead atoms. The Morgan fingerprint density at radius 3 is 2.73 bits per heavy atom. The lowest BCUT2D eigenvalue weighted by Gasteiger charge is -2.09. The third kappa shape index (κ3) is 4.69. The van der Waals surface area contributed by atoms with Crippen molar-refractivity contribution in [2.24, 2.45) is 0 Å². The first-order valence-corrected chi connectivity index (χ1v) is 9.73. The topological polar surface area (TPSA) is 56.5 Å². The van der Waals surface area contributed by atoms with Crippen LogP contribution in [-0.4, -0.2) is 24.6 Å². The van der Waals surface area contributed by atoms with Gasteiger partial charge in [-0.3, -0.25) is 0 Å². The van der Waals surface area contributed by atoms with E-state index in [9.17, 15) is 0 Å². The maximum Gasteiger partial charge on any atom is 0.187 e. The van der Waals surface area contributed by atoms with Crippen molar-refractivity contribution in [3.63, 3.8) is 0 Å². The van der Waals surface area contributed by atoms with Crippen molar-refractivity contribution >= 4 is 63.5 Å². The molecule has 0 unspecified atom stereocenters. The minimum atomic E-state index is 0.263. The lowest BCUT2D eigenvalue weighted by Crippen LogP contribution is -1.97. The van der Waals surface area contributed by atoms with Crippen LogP contribution in [-0.2, 0) is 11.3 Å². The number of methoxy groups -OCH3 is 1. The van der Waals surface area contributed by atoms with Crippen molar-refractivity contribution in [2.45, 2.75) is 6.61 Å². The first-order valence-electron chi connectivity index (χ1n) is 7.61. The normalized spacial score (nSPS) is 11.1. The molecule has 3 aromatic rings. The zero-order chi connectivity index (χ0) is 18.5. The third-order valence-electron chi connectivity index (χ3n) is 3.48. The van der Waals surface area contributed by atoms with Gasteiger partial charge in [-0.05, 0) is 36.2 Å². The lowest BCUT2D eigenvalue weighted by molar-refractivity contribution is 0.219. The fraction of sp³-hybridized carbons (Fsp3) is 0.235. The van der Waals surface area contributed by atoms with Gasteiger partial charge in [0, 0.05) is 29.5 Å². The summed E-state index contributed by atoms with van der Waals surface area (Å²) in [5.41, 5.74) is 1.40. The predicted molar refractivity (Wildman–Crippen MR) is 108 cm³/mol. The van der Waals surface area contributed by atoms with Crippen LogP contribution in [0, 0.1) is 0 Å². The number of rotatable bonds is 8. The molecule has 138 valence electrons. The van der Waals surface area contributed by atoms with Crippen LogP contribution in [0.1, 0.15) is 5.56 Å². The Kier molecular flexibility index (Phi) is 6.78. The summed E-state index contributed by atoms with van der Waals surface area (Å²) < 4.78 is 19.3. The maximum absolute atomic E-state index is 6.39. The zero-order valence-corrected chi connectivity index (χ0v) is 16.8. The first kappa shape index (κ1) is 19.5. The Morgan fingerprint density at radius 2 is 1.96 bits per heavy atom. The molecule has 5 nitrogen and oxygen atoms in total. The standard InChI is InChI=1S/C17H15Cl3N2O3S/c1-23-4-5-26-22-17-12-8-14(19)10(6-16(12)25-21-17)9-24-11-2-3-13(18)15(20)7-11/h2-3,6-8H,4-5,9H2,1H3,(H,21,22). The molecule has 2 aromatic carbocycles. The average molecular weight is 434 g/mol. The second-order valence-corrected chi connectivity index (χ2v) is 7.40. The van der Waals surface area contributed by atoms with E-state index in [1.54, 1.807) is 31.4 Å². The molecule has 0 atom stereocenters. The summed E-state index contributed by atoms with van der Waals surface area (Å²) >= 11 is 19.8. The fourth-order valence-corrected chi connectivity index (χ4v) is 3.30. The van der Waals surface area contributed by atoms with E-state index in [2.05, 4.69) is 9.88 Å². The van der Waals surface area contributed by atoms with Gasteiger partial charge in [-0.25, -0.2) is 0 Å². The van der Waals surface area contributed by atoms with Crippen molar-refractivity contribution in [3.05, 3.63) is 51.0 Å². The molecule has 9 heteroatoms. The van der Waals surface area contributed by atoms with Gasteiger partial charge in [0.1, 0.15) is 12.4 Å². The number of aromatic nitrogens is 1. The maximum atomic E-state index is 6.39. The van der Waals surface area contributed by atoms with Crippen molar-refractivity contribution in [1.82, 2.24) is 5.16 Å². The van der Waals surface area contributed by atoms with E-state index >= 15 is 0 Å². The van der Waals surface area contributed by atoms with Gasteiger partial charge in [-0.2, -0.15) is 0 Å². The number of nitrogens with one attached hydrogen (secondary N) is 1. The molecule has 0 saturated heterocycles. The molecule has 3 rings (SSSR count). The molecule has 0 fully saturated rings. The molecule has 0 radical (unpaired) electrons. The Morgan fingerprint density at radius 1 is 1.12 bits per heavy atom. The Labute approximate surface area is 170 Å². The predicted octanol–water partition coefficient (Wildman–Crippen LogP) is 6.07. The van der Waals surface area contributed by atoms with Crippen LogP contribution in [0.4, 0.5) is 5.82 Å². The van der Waals surface area contributed by atoms with Gasteiger partial charge in [-0.1, -0.05) is 40.0 Å². The Bertz CT molecular complexity index is 904. The summed E-state index contributed by atoms with van der Waals surface area (Å²) in [7, 11) is 1.66. The number of hydrogen-bond donors (Lipinski definition) is 1. The number of nitrogens with zero attached hydrogens (tertiary/aromatic N) is 1. The molecule has 0 aliphatic carbocycles. The third-order valence-corrected chi connectivity index (χ3v) is 5.28. The van der Waals surface area contributed by atoms with E-state index in [0.29, 0.717) is 38.8 Å². The molecular weight excluding hydrogens is 419 g/mol. The van der Waals surface area contributed by atoms with Gasteiger partial charge in [0.2, 0.25) is 0 Å². The van der Waals surface area contributed by atoms with Gasteiger partial charge in [0.25, 0.3) is 0 Å². The molecule has 1 heterocycles. The van der Waals surface area contributed by atoms with Crippen molar-refractivity contribution in [1.29, 1.82) is 0 Å². The summed E-state index contributed by atoms with van der Waals surface area (Å²) in [5.74, 6) is 2.01. The molecule has 0 amide bonds. The van der Waals surface area contributed by atoms with Crippen LogP contribution in [0.5, 0.6) is 5.75 Å². The molecule has 0 aliphatic heterocycles. The molecule has 0 spiro atoms. The van der Waals surface area contributed by atoms with Crippen LogP contribution in [0.3, 0.4) is 0 Å². The minimum Gasteiger partial charge on any atom is -0.489 e. The monoisotopic (exact) mass is 432 g/mol. The number of ether oxygens (including phenoxy) is 2. The average Bonchev–Trinajstić information content (AvgIpc) is 3.01. The largest absolute Gasteiger partial charge is 0.489 e. The highest BCUT2D eigenvalue weighted by molar-refractivity contribution is 8.00. The van der Waals surface area contributed by atoms with Gasteiger partial charge >= 0.3 is 0 Å². The van der Waals surface area contributed by atoms with Crippen LogP contribution in [0.15, 0.2) is 34.9 Å². The number of anilines is 1. The van der Waals surface area contributed by atoms with Gasteiger partial charge in [0.05, 0.1) is 22.0 Å². The van der Waals surface area contributed by atoms with Crippen LogP contribution in [0.25, 0.3) is 11.0 Å². The van der Waals surface area contributed by atoms with E-state index in [4.69, 9.17) is 48.8 Å². The van der Waals surface area contributed by atoms with Gasteiger partial charge in [-0.15, -0.1) is 0 Å². The molecule has 0 saturated carbocycles. The summed E-state index contributed by atoms with van der Waals surface area (Å²) in [4.78, 5) is 0. The van der Waals surface area contributed by atoms with Crippen LogP contribution >= 0.6 is 46.8 Å². The first-order chi connectivity index (χ1) is 12.6. The number of halogens is 3. The molecule has 1 N–H and O–H groups in total. The Hall–Kier alpha value is -1.31. The SMILES string of the molecule is COCCSNc1noc2cc(COc3ccc(Cl)c(Cl)c3)c(Cl)cc12. The van der Waals surface area contributed by atoms with Crippen molar-refractivity contribution < 1.29 is 14.0 Å². The zero-order valence-electron chi connectivity index (χ0n) is 13.7. The van der Waals surface area contributed by atoms with E-state index in [-0.39, 0.29) is 6.61 Å². The fourth-order valence-electron chi connectivity index (χ4n) is 2.16. The highest BCUT2D eigenvalue weighted by atomic mass is 35.5. The second-order valence-electron chi connectivity index (χ2n) is 5.28. The van der Waals surface area contributed by atoms with Gasteiger partial charge < -0.3 is 18.7 Å². The van der Waals surface area contributed by atoms with Gasteiger partial charge in [0.15, 0.2) is 11.4 Å². The van der Waals surface area contributed by atoms with Crippen molar-refractivity contribution in [2.75, 3.05) is 24.2 Å². The van der Waals surface area contributed by atoms with E-state index in [1.807, 2.05) is 6.07 Å². The summed E-state index contributed by atoms with van der Waals surface area (Å²) in [6.07, 6.45) is 0.